The van der Waals surface area contributed by atoms with Gasteiger partial charge in [-0.15, -0.1) is 0 Å². The summed E-state index contributed by atoms with van der Waals surface area (Å²) in [5.41, 5.74) is 3.46. The number of aromatic nitrogens is 1. The van der Waals surface area contributed by atoms with Crippen LogP contribution in [0.2, 0.25) is 0 Å². The Bertz CT molecular complexity index is 1200. The Balaban J connectivity index is 1.09. The van der Waals surface area contributed by atoms with Crippen LogP contribution >= 0.6 is 0 Å². The predicted octanol–water partition coefficient (Wildman–Crippen LogP) is 3.33. The number of hydrogen-bond acceptors (Lipinski definition) is 6. The average Bonchev–Trinajstić information content (AvgIpc) is 3.34. The van der Waals surface area contributed by atoms with Gasteiger partial charge >= 0.3 is 0 Å². The summed E-state index contributed by atoms with van der Waals surface area (Å²) in [6.07, 6.45) is 8.95. The lowest BCUT2D eigenvalue weighted by Crippen LogP contribution is -2.47. The Morgan fingerprint density at radius 3 is 2.63 bits per heavy atom. The number of pyridine rings is 1. The van der Waals surface area contributed by atoms with E-state index >= 15 is 0 Å². The summed E-state index contributed by atoms with van der Waals surface area (Å²) in [6.45, 7) is 5.50. The van der Waals surface area contributed by atoms with Gasteiger partial charge in [0.2, 0.25) is 0 Å². The van der Waals surface area contributed by atoms with E-state index in [1.807, 2.05) is 31.2 Å². The van der Waals surface area contributed by atoms with Gasteiger partial charge in [0.05, 0.1) is 12.2 Å². The number of ether oxygens (including phenoxy) is 1. The van der Waals surface area contributed by atoms with Crippen LogP contribution in [-0.4, -0.2) is 73.1 Å². The molecule has 3 unspecified atom stereocenters. The van der Waals surface area contributed by atoms with Crippen LogP contribution < -0.4 is 20.3 Å². The largest absolute Gasteiger partial charge is 0.493 e. The van der Waals surface area contributed by atoms with Crippen molar-refractivity contribution in [3.63, 3.8) is 0 Å². The molecule has 0 spiro atoms. The topological polar surface area (TPSA) is 86.8 Å². The fourth-order valence-corrected chi connectivity index (χ4v) is 6.76. The number of likely N-dealkylation sites (N-methyl/N-ethyl adjacent to an activating group) is 1. The Kier molecular flexibility index (Phi) is 6.99. The van der Waals surface area contributed by atoms with Gasteiger partial charge in [-0.3, -0.25) is 9.59 Å². The molecule has 2 saturated heterocycles. The summed E-state index contributed by atoms with van der Waals surface area (Å²) >= 11 is 0. The number of nitrogens with one attached hydrogen (secondary N) is 2. The summed E-state index contributed by atoms with van der Waals surface area (Å²) in [5.74, 6) is 2.30. The van der Waals surface area contributed by atoms with Crippen LogP contribution in [0, 0.1) is 12.8 Å². The number of carbonyl (C=O) groups excluding carboxylic acids is 2. The Labute approximate surface area is 225 Å². The quantitative estimate of drug-likeness (QED) is 0.633. The van der Waals surface area contributed by atoms with Crippen molar-refractivity contribution in [2.24, 2.45) is 5.92 Å². The second kappa shape index (κ2) is 10.6. The van der Waals surface area contributed by atoms with Crippen LogP contribution in [0.3, 0.4) is 0 Å². The van der Waals surface area contributed by atoms with E-state index in [1.54, 1.807) is 6.20 Å². The molecule has 2 N–H and O–H groups in total. The zero-order chi connectivity index (χ0) is 26.2. The summed E-state index contributed by atoms with van der Waals surface area (Å²) in [5, 5.41) is 6.51. The summed E-state index contributed by atoms with van der Waals surface area (Å²) < 4.78 is 5.78. The van der Waals surface area contributed by atoms with E-state index in [0.29, 0.717) is 29.7 Å². The smallest absolute Gasteiger partial charge is 0.253 e. The van der Waals surface area contributed by atoms with Crippen LogP contribution in [0.15, 0.2) is 30.5 Å². The van der Waals surface area contributed by atoms with Gasteiger partial charge in [-0.25, -0.2) is 4.98 Å². The Morgan fingerprint density at radius 1 is 1.00 bits per heavy atom. The lowest BCUT2D eigenvalue weighted by molar-refractivity contribution is 0.0907. The van der Waals surface area contributed by atoms with Crippen LogP contribution in [0.5, 0.6) is 5.75 Å². The second-order valence-electron chi connectivity index (χ2n) is 11.6. The van der Waals surface area contributed by atoms with Crippen molar-refractivity contribution in [1.82, 2.24) is 20.5 Å². The van der Waals surface area contributed by atoms with Crippen molar-refractivity contribution in [2.75, 3.05) is 38.2 Å². The fraction of sp³-hybridized carbons (Fsp3) is 0.567. The minimum atomic E-state index is -0.0447. The number of benzene rings is 1. The van der Waals surface area contributed by atoms with E-state index in [1.165, 1.54) is 12.0 Å². The molecular formula is C30H39N5O3. The number of piperidine rings is 1. The standard InChI is InChI=1S/C30H39N5O3/c1-19-25(8-5-20-12-15-38-28(19)20)30(37)32-23-11-14-35(26-9-6-21(26)16-23)27-10-7-22(17-31-27)29(36)33-24-4-3-13-34(2)18-24/h5,7-8,10,17,21,23-24,26H,3-4,6,9,11-16,18H2,1-2H3,(H,32,37)(H,33,36)/t21?,23?,24-,26?/m1/s1. The molecule has 1 aromatic heterocycles. The van der Waals surface area contributed by atoms with Crippen LogP contribution in [0.1, 0.15) is 70.4 Å². The molecule has 8 nitrogen and oxygen atoms in total. The molecule has 4 heterocycles. The van der Waals surface area contributed by atoms with Crippen LogP contribution in [0.4, 0.5) is 5.82 Å². The highest BCUT2D eigenvalue weighted by molar-refractivity contribution is 5.96. The third-order valence-corrected chi connectivity index (χ3v) is 9.03. The van der Waals surface area contributed by atoms with Crippen molar-refractivity contribution in [1.29, 1.82) is 0 Å². The molecule has 1 saturated carbocycles. The van der Waals surface area contributed by atoms with Gasteiger partial charge in [-0.1, -0.05) is 6.07 Å². The molecule has 4 atom stereocenters. The van der Waals surface area contributed by atoms with Gasteiger partial charge < -0.3 is 25.2 Å². The maximum absolute atomic E-state index is 13.2. The number of nitrogens with zero attached hydrogens (tertiary/aromatic N) is 3. The highest BCUT2D eigenvalue weighted by Gasteiger charge is 2.40. The molecule has 0 bridgehead atoms. The number of carbonyl (C=O) groups is 2. The number of likely N-dealkylation sites (tertiary alicyclic amines) is 1. The van der Waals surface area contributed by atoms with Crippen LogP contribution in [-0.2, 0) is 6.42 Å². The first-order chi connectivity index (χ1) is 18.5. The molecule has 202 valence electrons. The van der Waals surface area contributed by atoms with Crippen molar-refractivity contribution in [3.8, 4) is 5.75 Å². The van der Waals surface area contributed by atoms with Crippen LogP contribution in [0.25, 0.3) is 0 Å². The third kappa shape index (κ3) is 4.98. The first kappa shape index (κ1) is 25.2. The average molecular weight is 518 g/mol. The normalized spacial score (nSPS) is 26.8. The van der Waals surface area contributed by atoms with Gasteiger partial charge in [0.15, 0.2) is 0 Å². The Morgan fingerprint density at radius 2 is 1.87 bits per heavy atom. The third-order valence-electron chi connectivity index (χ3n) is 9.03. The number of hydrogen-bond donors (Lipinski definition) is 2. The molecule has 1 aromatic carbocycles. The Hall–Kier alpha value is -3.13. The SMILES string of the molecule is Cc1c(C(=O)NC2CCN(c3ccc(C(=O)N[C@@H]4CCCN(C)C4)cn3)C3CCC3C2)ccc2c1OCC2. The molecule has 6 rings (SSSR count). The highest BCUT2D eigenvalue weighted by Crippen LogP contribution is 2.40. The van der Waals surface area contributed by atoms with Crippen molar-refractivity contribution in [2.45, 2.75) is 70.0 Å². The summed E-state index contributed by atoms with van der Waals surface area (Å²) in [6, 6.07) is 8.64. The summed E-state index contributed by atoms with van der Waals surface area (Å²) in [7, 11) is 2.10. The fourth-order valence-electron chi connectivity index (χ4n) is 6.76. The zero-order valence-corrected chi connectivity index (χ0v) is 22.5. The van der Waals surface area contributed by atoms with E-state index in [-0.39, 0.29) is 23.9 Å². The van der Waals surface area contributed by atoms with Crippen molar-refractivity contribution < 1.29 is 14.3 Å². The van der Waals surface area contributed by atoms with Crippen molar-refractivity contribution in [3.05, 3.63) is 52.7 Å². The van der Waals surface area contributed by atoms with Gasteiger partial charge in [0, 0.05) is 55.0 Å². The molecule has 2 amide bonds. The molecule has 0 radical (unpaired) electrons. The first-order valence-electron chi connectivity index (χ1n) is 14.2. The lowest BCUT2D eigenvalue weighted by atomic mass is 9.76. The maximum Gasteiger partial charge on any atom is 0.253 e. The number of fused-ring (bicyclic) bond motifs is 2. The van der Waals surface area contributed by atoms with Gasteiger partial charge in [0.25, 0.3) is 11.8 Å². The van der Waals surface area contributed by atoms with E-state index in [2.05, 4.69) is 27.5 Å². The number of rotatable bonds is 5. The van der Waals surface area contributed by atoms with E-state index in [4.69, 9.17) is 9.72 Å². The van der Waals surface area contributed by atoms with Gasteiger partial charge in [-0.05, 0) is 88.7 Å². The highest BCUT2D eigenvalue weighted by atomic mass is 16.5. The van der Waals surface area contributed by atoms with E-state index in [9.17, 15) is 9.59 Å². The minimum Gasteiger partial charge on any atom is -0.493 e. The predicted molar refractivity (Wildman–Crippen MR) is 147 cm³/mol. The zero-order valence-electron chi connectivity index (χ0n) is 22.5. The second-order valence-corrected chi connectivity index (χ2v) is 11.6. The number of amides is 2. The molecule has 3 fully saturated rings. The molecule has 38 heavy (non-hydrogen) atoms. The number of anilines is 1. The van der Waals surface area contributed by atoms with E-state index < -0.39 is 0 Å². The lowest BCUT2D eigenvalue weighted by Gasteiger charge is -2.43. The minimum absolute atomic E-state index is 0.00669. The molecule has 1 aliphatic carbocycles. The van der Waals surface area contributed by atoms with E-state index in [0.717, 1.165) is 75.3 Å². The molecule has 4 aliphatic rings. The van der Waals surface area contributed by atoms with Crippen molar-refractivity contribution >= 4 is 17.6 Å². The molecule has 2 aromatic rings. The first-order valence-corrected chi connectivity index (χ1v) is 14.2. The maximum atomic E-state index is 13.2. The molecular weight excluding hydrogens is 478 g/mol. The van der Waals surface area contributed by atoms with Gasteiger partial charge in [0.1, 0.15) is 11.6 Å². The summed E-state index contributed by atoms with van der Waals surface area (Å²) in [4.78, 5) is 35.4. The monoisotopic (exact) mass is 517 g/mol. The molecule has 3 aliphatic heterocycles. The van der Waals surface area contributed by atoms with Gasteiger partial charge in [-0.2, -0.15) is 0 Å². The molecule has 8 heteroatoms.